The van der Waals surface area contributed by atoms with Gasteiger partial charge in [0.05, 0.1) is 5.54 Å². The van der Waals surface area contributed by atoms with Crippen LogP contribution in [0.5, 0.6) is 0 Å². The Morgan fingerprint density at radius 1 is 1.13 bits per heavy atom. The van der Waals surface area contributed by atoms with Gasteiger partial charge in [-0.2, -0.15) is 0 Å². The molecular formula is C14H15N. The highest BCUT2D eigenvalue weighted by Crippen LogP contribution is 2.35. The Kier molecular flexibility index (Phi) is 1.83. The summed E-state index contributed by atoms with van der Waals surface area (Å²) in [5.41, 5.74) is 1.72. The Balaban J connectivity index is 2.14. The smallest absolute Gasteiger partial charge is 0.0559 e. The molecule has 76 valence electrons. The van der Waals surface area contributed by atoms with Crippen LogP contribution in [0.15, 0.2) is 42.5 Å². The van der Waals surface area contributed by atoms with Crippen LogP contribution in [0.1, 0.15) is 18.9 Å². The maximum atomic E-state index is 3.48. The molecule has 1 atom stereocenters. The normalized spacial score (nSPS) is 24.3. The average Bonchev–Trinajstić information content (AvgIpc) is 3.09. The van der Waals surface area contributed by atoms with Crippen LogP contribution in [0.4, 0.5) is 0 Å². The molecule has 1 heteroatoms. The summed E-state index contributed by atoms with van der Waals surface area (Å²) in [6.45, 7) is 3.37. The standard InChI is InChI=1S/C14H15N/c1-2-14(10-15-14)13-8-7-11-5-3-4-6-12(11)9-13/h3-9,15H,2,10H2,1H3. The molecular weight excluding hydrogens is 182 g/mol. The van der Waals surface area contributed by atoms with E-state index >= 15 is 0 Å². The van der Waals surface area contributed by atoms with Crippen molar-refractivity contribution in [2.45, 2.75) is 18.9 Å². The lowest BCUT2D eigenvalue weighted by Crippen LogP contribution is -2.10. The van der Waals surface area contributed by atoms with E-state index in [9.17, 15) is 0 Å². The lowest BCUT2D eigenvalue weighted by molar-refractivity contribution is 0.649. The number of fused-ring (bicyclic) bond motifs is 1. The molecule has 0 radical (unpaired) electrons. The second-order valence-corrected chi connectivity index (χ2v) is 4.35. The molecule has 1 fully saturated rings. The Morgan fingerprint density at radius 2 is 1.87 bits per heavy atom. The first-order chi connectivity index (χ1) is 7.34. The monoisotopic (exact) mass is 197 g/mol. The molecule has 0 saturated carbocycles. The lowest BCUT2D eigenvalue weighted by Gasteiger charge is -2.12. The zero-order valence-electron chi connectivity index (χ0n) is 8.96. The van der Waals surface area contributed by atoms with E-state index in [2.05, 4.69) is 54.7 Å². The van der Waals surface area contributed by atoms with Gasteiger partial charge in [-0.1, -0.05) is 43.3 Å². The third kappa shape index (κ3) is 1.35. The minimum absolute atomic E-state index is 0.282. The summed E-state index contributed by atoms with van der Waals surface area (Å²) in [7, 11) is 0. The second-order valence-electron chi connectivity index (χ2n) is 4.35. The molecule has 0 aromatic heterocycles. The summed E-state index contributed by atoms with van der Waals surface area (Å²) in [6.07, 6.45) is 1.17. The fourth-order valence-electron chi connectivity index (χ4n) is 2.25. The summed E-state index contributed by atoms with van der Waals surface area (Å²) in [6, 6.07) is 15.3. The maximum absolute atomic E-state index is 3.48. The fourth-order valence-corrected chi connectivity index (χ4v) is 2.25. The number of hydrogen-bond acceptors (Lipinski definition) is 1. The molecule has 1 aliphatic heterocycles. The van der Waals surface area contributed by atoms with E-state index in [1.807, 2.05) is 0 Å². The minimum atomic E-state index is 0.282. The molecule has 0 amide bonds. The van der Waals surface area contributed by atoms with Crippen LogP contribution in [0.3, 0.4) is 0 Å². The molecule has 1 nitrogen and oxygen atoms in total. The fraction of sp³-hybridized carbons (Fsp3) is 0.286. The van der Waals surface area contributed by atoms with Crippen LogP contribution in [-0.4, -0.2) is 6.54 Å². The molecule has 1 aliphatic rings. The minimum Gasteiger partial charge on any atom is -0.304 e. The maximum Gasteiger partial charge on any atom is 0.0559 e. The lowest BCUT2D eigenvalue weighted by atomic mass is 9.94. The van der Waals surface area contributed by atoms with Gasteiger partial charge >= 0.3 is 0 Å². The molecule has 1 saturated heterocycles. The molecule has 1 unspecified atom stereocenters. The van der Waals surface area contributed by atoms with E-state index in [1.54, 1.807) is 0 Å². The van der Waals surface area contributed by atoms with Crippen molar-refractivity contribution in [3.63, 3.8) is 0 Å². The summed E-state index contributed by atoms with van der Waals surface area (Å²) in [4.78, 5) is 0. The predicted molar refractivity (Wildman–Crippen MR) is 63.9 cm³/mol. The van der Waals surface area contributed by atoms with Gasteiger partial charge in [0.15, 0.2) is 0 Å². The first-order valence-corrected chi connectivity index (χ1v) is 5.58. The van der Waals surface area contributed by atoms with Crippen LogP contribution in [-0.2, 0) is 5.54 Å². The first-order valence-electron chi connectivity index (χ1n) is 5.58. The molecule has 1 heterocycles. The highest BCUT2D eigenvalue weighted by Gasteiger charge is 2.41. The zero-order chi connectivity index (χ0) is 10.3. The van der Waals surface area contributed by atoms with E-state index in [0.717, 1.165) is 6.54 Å². The largest absolute Gasteiger partial charge is 0.304 e. The predicted octanol–water partition coefficient (Wildman–Crippen LogP) is 3.05. The molecule has 15 heavy (non-hydrogen) atoms. The van der Waals surface area contributed by atoms with Gasteiger partial charge in [0.1, 0.15) is 0 Å². The van der Waals surface area contributed by atoms with Crippen molar-refractivity contribution in [2.24, 2.45) is 0 Å². The average molecular weight is 197 g/mol. The Hall–Kier alpha value is -1.34. The highest BCUT2D eigenvalue weighted by atomic mass is 15.2. The van der Waals surface area contributed by atoms with Crippen molar-refractivity contribution in [3.8, 4) is 0 Å². The molecule has 3 rings (SSSR count). The second kappa shape index (κ2) is 3.07. The van der Waals surface area contributed by atoms with Gasteiger partial charge in [0, 0.05) is 6.54 Å². The van der Waals surface area contributed by atoms with Gasteiger partial charge in [0.25, 0.3) is 0 Å². The van der Waals surface area contributed by atoms with Crippen molar-refractivity contribution in [1.29, 1.82) is 0 Å². The molecule has 0 bridgehead atoms. The van der Waals surface area contributed by atoms with E-state index in [0.29, 0.717) is 0 Å². The Bertz CT molecular complexity index is 497. The van der Waals surface area contributed by atoms with Crippen molar-refractivity contribution >= 4 is 10.8 Å². The topological polar surface area (TPSA) is 21.9 Å². The van der Waals surface area contributed by atoms with Gasteiger partial charge in [-0.3, -0.25) is 0 Å². The number of rotatable bonds is 2. The van der Waals surface area contributed by atoms with Crippen LogP contribution >= 0.6 is 0 Å². The van der Waals surface area contributed by atoms with Gasteiger partial charge in [-0.15, -0.1) is 0 Å². The first kappa shape index (κ1) is 8.93. The van der Waals surface area contributed by atoms with Crippen molar-refractivity contribution < 1.29 is 0 Å². The van der Waals surface area contributed by atoms with E-state index < -0.39 is 0 Å². The van der Waals surface area contributed by atoms with Gasteiger partial charge in [-0.25, -0.2) is 0 Å². The Morgan fingerprint density at radius 3 is 2.53 bits per heavy atom. The number of benzene rings is 2. The van der Waals surface area contributed by atoms with Crippen molar-refractivity contribution in [2.75, 3.05) is 6.54 Å². The SMILES string of the molecule is CCC1(c2ccc3ccccc3c2)CN1. The summed E-state index contributed by atoms with van der Waals surface area (Å²) >= 11 is 0. The molecule has 2 aromatic rings. The highest BCUT2D eigenvalue weighted by molar-refractivity contribution is 5.83. The quantitative estimate of drug-likeness (QED) is 0.734. The molecule has 2 aromatic carbocycles. The summed E-state index contributed by atoms with van der Waals surface area (Å²) in [5.74, 6) is 0. The van der Waals surface area contributed by atoms with Crippen LogP contribution in [0.25, 0.3) is 10.8 Å². The summed E-state index contributed by atoms with van der Waals surface area (Å²) < 4.78 is 0. The van der Waals surface area contributed by atoms with Gasteiger partial charge in [-0.05, 0) is 28.8 Å². The van der Waals surface area contributed by atoms with Crippen molar-refractivity contribution in [1.82, 2.24) is 5.32 Å². The molecule has 0 aliphatic carbocycles. The van der Waals surface area contributed by atoms with Gasteiger partial charge < -0.3 is 5.32 Å². The number of nitrogens with one attached hydrogen (secondary N) is 1. The van der Waals surface area contributed by atoms with Crippen LogP contribution < -0.4 is 5.32 Å². The van der Waals surface area contributed by atoms with E-state index in [1.165, 1.54) is 22.8 Å². The van der Waals surface area contributed by atoms with Crippen LogP contribution in [0, 0.1) is 0 Å². The van der Waals surface area contributed by atoms with E-state index in [-0.39, 0.29) is 5.54 Å². The molecule has 0 spiro atoms. The zero-order valence-corrected chi connectivity index (χ0v) is 8.96. The third-order valence-electron chi connectivity index (χ3n) is 3.51. The van der Waals surface area contributed by atoms with Gasteiger partial charge in [0.2, 0.25) is 0 Å². The number of hydrogen-bond donors (Lipinski definition) is 1. The van der Waals surface area contributed by atoms with E-state index in [4.69, 9.17) is 0 Å². The Labute approximate surface area is 90.1 Å². The van der Waals surface area contributed by atoms with Crippen molar-refractivity contribution in [3.05, 3.63) is 48.0 Å². The van der Waals surface area contributed by atoms with Crippen LogP contribution in [0.2, 0.25) is 0 Å². The summed E-state index contributed by atoms with van der Waals surface area (Å²) in [5, 5.41) is 6.15. The third-order valence-corrected chi connectivity index (χ3v) is 3.51. The molecule has 1 N–H and O–H groups in total.